The monoisotopic (exact) mass is 495 g/mol. The van der Waals surface area contributed by atoms with E-state index >= 15 is 4.39 Å². The highest BCUT2D eigenvalue weighted by Crippen LogP contribution is 2.41. The van der Waals surface area contributed by atoms with Gasteiger partial charge in [-0.2, -0.15) is 5.26 Å². The number of hydrogen-bond donors (Lipinski definition) is 2. The van der Waals surface area contributed by atoms with Crippen molar-refractivity contribution in [1.29, 1.82) is 5.26 Å². The van der Waals surface area contributed by atoms with Gasteiger partial charge in [-0.25, -0.2) is 19.2 Å². The number of hydrogen-bond acceptors (Lipinski definition) is 6. The van der Waals surface area contributed by atoms with Gasteiger partial charge in [0.15, 0.2) is 0 Å². The van der Waals surface area contributed by atoms with Crippen molar-refractivity contribution >= 4 is 40.0 Å². The summed E-state index contributed by atoms with van der Waals surface area (Å²) >= 11 is 6.42. The molecule has 1 aromatic carbocycles. The van der Waals surface area contributed by atoms with Gasteiger partial charge in [-0.15, -0.1) is 0 Å². The molecule has 5 rings (SSSR count). The maximum Gasteiger partial charge on any atom is 0.413 e. The summed E-state index contributed by atoms with van der Waals surface area (Å²) in [6, 6.07) is 4.97. The van der Waals surface area contributed by atoms with Crippen LogP contribution in [0.25, 0.3) is 21.9 Å². The molecule has 0 saturated heterocycles. The van der Waals surface area contributed by atoms with Crippen molar-refractivity contribution in [1.82, 2.24) is 9.97 Å². The quantitative estimate of drug-likeness (QED) is 0.474. The first-order valence-electron chi connectivity index (χ1n) is 11.5. The van der Waals surface area contributed by atoms with Gasteiger partial charge in [0.05, 0.1) is 23.1 Å². The number of pyridine rings is 2. The Hall–Kier alpha value is -3.64. The molecule has 1 fully saturated rings. The van der Waals surface area contributed by atoms with Crippen LogP contribution in [0.15, 0.2) is 24.5 Å². The minimum atomic E-state index is -1.18. The molecule has 2 aliphatic rings. The SMILES string of the molecule is Cc1c(-c2cc3cc(N(C(=O)O)[C@@H]4CCCC[C@H]4C#N)ncc3c(Cl)c2F)cnc2c1NCCO2. The molecular weight excluding hydrogens is 473 g/mol. The molecule has 2 aromatic heterocycles. The van der Waals surface area contributed by atoms with Crippen LogP contribution in [0.4, 0.5) is 20.7 Å². The number of ether oxygens (including phenoxy) is 1. The maximum atomic E-state index is 15.4. The number of aromatic nitrogens is 2. The van der Waals surface area contributed by atoms with Crippen molar-refractivity contribution < 1.29 is 19.0 Å². The van der Waals surface area contributed by atoms with E-state index in [1.807, 2.05) is 6.92 Å². The van der Waals surface area contributed by atoms with E-state index in [-0.39, 0.29) is 16.4 Å². The Morgan fingerprint density at radius 1 is 1.29 bits per heavy atom. The second kappa shape index (κ2) is 9.19. The molecule has 0 radical (unpaired) electrons. The minimum absolute atomic E-state index is 0.104. The zero-order chi connectivity index (χ0) is 24.7. The molecule has 1 aliphatic heterocycles. The third kappa shape index (κ3) is 3.98. The summed E-state index contributed by atoms with van der Waals surface area (Å²) in [5.74, 6) is -0.375. The number of carboxylic acid groups (broad SMARTS) is 1. The lowest BCUT2D eigenvalue weighted by Crippen LogP contribution is -2.45. The van der Waals surface area contributed by atoms with Crippen LogP contribution in [0.3, 0.4) is 0 Å². The van der Waals surface area contributed by atoms with Crippen LogP contribution in [0.5, 0.6) is 5.88 Å². The van der Waals surface area contributed by atoms with Crippen LogP contribution >= 0.6 is 11.6 Å². The largest absolute Gasteiger partial charge is 0.474 e. The van der Waals surface area contributed by atoms with Crippen LogP contribution in [-0.4, -0.2) is 40.4 Å². The number of nitrogens with zero attached hydrogens (tertiary/aromatic N) is 4. The average molecular weight is 496 g/mol. The van der Waals surface area contributed by atoms with Gasteiger partial charge in [0.2, 0.25) is 5.88 Å². The number of fused-ring (bicyclic) bond motifs is 2. The van der Waals surface area contributed by atoms with Crippen molar-refractivity contribution in [3.8, 4) is 23.1 Å². The molecular formula is C25H23ClFN5O3. The van der Waals surface area contributed by atoms with Crippen molar-refractivity contribution in [3.63, 3.8) is 0 Å². The fraction of sp³-hybridized carbons (Fsp3) is 0.360. The summed E-state index contributed by atoms with van der Waals surface area (Å²) < 4.78 is 21.0. The van der Waals surface area contributed by atoms with E-state index in [2.05, 4.69) is 21.4 Å². The summed E-state index contributed by atoms with van der Waals surface area (Å²) in [7, 11) is 0. The lowest BCUT2D eigenvalue weighted by molar-refractivity contribution is 0.193. The van der Waals surface area contributed by atoms with Gasteiger partial charge >= 0.3 is 6.09 Å². The second-order valence-corrected chi connectivity index (χ2v) is 9.19. The normalized spacial score (nSPS) is 19.3. The molecule has 35 heavy (non-hydrogen) atoms. The van der Waals surface area contributed by atoms with Gasteiger partial charge in [-0.1, -0.05) is 24.4 Å². The molecule has 2 atom stereocenters. The molecule has 0 bridgehead atoms. The van der Waals surface area contributed by atoms with Crippen molar-refractivity contribution in [3.05, 3.63) is 40.9 Å². The predicted molar refractivity (Wildman–Crippen MR) is 131 cm³/mol. The predicted octanol–water partition coefficient (Wildman–Crippen LogP) is 5.77. The van der Waals surface area contributed by atoms with E-state index in [9.17, 15) is 15.2 Å². The smallest absolute Gasteiger partial charge is 0.413 e. The highest BCUT2D eigenvalue weighted by atomic mass is 35.5. The number of anilines is 2. The molecule has 0 unspecified atom stereocenters. The molecule has 1 saturated carbocycles. The Labute approximate surface area is 206 Å². The van der Waals surface area contributed by atoms with Gasteiger partial charge < -0.3 is 15.2 Å². The van der Waals surface area contributed by atoms with Crippen LogP contribution in [-0.2, 0) is 0 Å². The van der Waals surface area contributed by atoms with E-state index in [0.717, 1.165) is 23.3 Å². The summed E-state index contributed by atoms with van der Waals surface area (Å²) in [6.45, 7) is 2.97. The van der Waals surface area contributed by atoms with Crippen molar-refractivity contribution in [2.24, 2.45) is 5.92 Å². The van der Waals surface area contributed by atoms with Gasteiger partial charge in [0.1, 0.15) is 23.9 Å². The van der Waals surface area contributed by atoms with E-state index in [1.54, 1.807) is 18.3 Å². The highest BCUT2D eigenvalue weighted by Gasteiger charge is 2.35. The number of nitriles is 1. The maximum absolute atomic E-state index is 15.4. The lowest BCUT2D eigenvalue weighted by atomic mass is 9.84. The third-order valence-electron chi connectivity index (χ3n) is 6.80. The minimum Gasteiger partial charge on any atom is -0.474 e. The Kier molecular flexibility index (Phi) is 6.07. The summed E-state index contributed by atoms with van der Waals surface area (Å²) in [4.78, 5) is 22.0. The number of carbonyl (C=O) groups is 1. The summed E-state index contributed by atoms with van der Waals surface area (Å²) in [5, 5.41) is 23.6. The topological polar surface area (TPSA) is 111 Å². The molecule has 3 heterocycles. The summed E-state index contributed by atoms with van der Waals surface area (Å²) in [6.07, 6.45) is 4.69. The molecule has 3 aromatic rings. The zero-order valence-electron chi connectivity index (χ0n) is 19.0. The molecule has 1 aliphatic carbocycles. The van der Waals surface area contributed by atoms with Gasteiger partial charge in [-0.05, 0) is 42.8 Å². The lowest BCUT2D eigenvalue weighted by Gasteiger charge is -2.34. The first-order valence-corrected chi connectivity index (χ1v) is 11.8. The number of benzene rings is 1. The fourth-order valence-electron chi connectivity index (χ4n) is 5.02. The molecule has 10 heteroatoms. The van der Waals surface area contributed by atoms with Crippen LogP contribution in [0.2, 0.25) is 5.02 Å². The first-order chi connectivity index (χ1) is 16.9. The van der Waals surface area contributed by atoms with E-state index in [4.69, 9.17) is 16.3 Å². The number of halogens is 2. The first kappa shape index (κ1) is 23.1. The average Bonchev–Trinajstić information content (AvgIpc) is 2.87. The van der Waals surface area contributed by atoms with Crippen LogP contribution in [0, 0.1) is 30.0 Å². The Morgan fingerprint density at radius 2 is 2.09 bits per heavy atom. The molecule has 180 valence electrons. The van der Waals surface area contributed by atoms with Gasteiger partial charge in [0, 0.05) is 35.5 Å². The van der Waals surface area contributed by atoms with Crippen molar-refractivity contribution in [2.45, 2.75) is 38.6 Å². The van der Waals surface area contributed by atoms with Crippen LogP contribution in [0.1, 0.15) is 31.2 Å². The highest BCUT2D eigenvalue weighted by molar-refractivity contribution is 6.36. The standard InChI is InChI=1S/C25H23ClFN5O3/c1-13-17(11-31-24-23(13)29-6-7-35-24)16-8-15-9-20(30-12-18(15)21(26)22(16)27)32(25(33)34)19-5-3-2-4-14(19)10-28/h8-9,11-12,14,19,29H,2-7H2,1H3,(H,33,34)/t14-,19+/m0/s1. The Morgan fingerprint density at radius 3 is 2.86 bits per heavy atom. The molecule has 1 amide bonds. The summed E-state index contributed by atoms with van der Waals surface area (Å²) in [5.41, 5.74) is 2.27. The third-order valence-corrected chi connectivity index (χ3v) is 7.17. The molecule has 0 spiro atoms. The van der Waals surface area contributed by atoms with E-state index in [1.165, 1.54) is 6.20 Å². The van der Waals surface area contributed by atoms with Gasteiger partial charge in [-0.3, -0.25) is 4.90 Å². The molecule has 8 nitrogen and oxygen atoms in total. The fourth-order valence-corrected chi connectivity index (χ4v) is 5.28. The van der Waals surface area contributed by atoms with E-state index < -0.39 is 23.9 Å². The van der Waals surface area contributed by atoms with Gasteiger partial charge in [0.25, 0.3) is 0 Å². The van der Waals surface area contributed by atoms with Crippen molar-refractivity contribution in [2.75, 3.05) is 23.4 Å². The zero-order valence-corrected chi connectivity index (χ0v) is 19.8. The second-order valence-electron chi connectivity index (χ2n) is 8.81. The number of amides is 1. The van der Waals surface area contributed by atoms with Crippen LogP contribution < -0.4 is 15.0 Å². The van der Waals surface area contributed by atoms with E-state index in [0.29, 0.717) is 53.9 Å². The molecule has 2 N–H and O–H groups in total. The Balaban J connectivity index is 1.64. The number of nitrogens with one attached hydrogen (secondary N) is 1. The number of rotatable bonds is 3. The Bertz CT molecular complexity index is 1380.